The molecule has 0 aliphatic carbocycles. The highest BCUT2D eigenvalue weighted by atomic mass is 16.4. The van der Waals surface area contributed by atoms with Crippen molar-refractivity contribution in [3.05, 3.63) is 101 Å². The fraction of sp³-hybridized carbons (Fsp3) is 0.323. The standard InChI is InChI=1S/C31H36N4O3/c1-4-35(5-2)30(36)25-15-13-23(14-16-25)29(27-11-6-7-12-28(27)33(3)31(37)38)24-17-20-34(21-18-24)22-26-10-8-9-19-32-26/h6-16,19H,4-5,17-18,20-22H2,1-3H3,(H,37,38). The molecular weight excluding hydrogens is 476 g/mol. The minimum absolute atomic E-state index is 0.0181. The SMILES string of the molecule is CCN(CC)C(=O)c1ccc(C(=C2CCN(Cc3ccccn3)CC2)c2ccccc2N(C)C(=O)O)cc1. The number of hydrogen-bond donors (Lipinski definition) is 1. The Balaban J connectivity index is 1.71. The van der Waals surface area contributed by atoms with Crippen molar-refractivity contribution in [1.29, 1.82) is 0 Å². The predicted octanol–water partition coefficient (Wildman–Crippen LogP) is 5.78. The minimum atomic E-state index is -1.01. The van der Waals surface area contributed by atoms with Gasteiger partial charge in [0.25, 0.3) is 5.91 Å². The van der Waals surface area contributed by atoms with E-state index in [0.29, 0.717) is 24.3 Å². The molecule has 0 radical (unpaired) electrons. The molecule has 0 spiro atoms. The number of pyridine rings is 1. The van der Waals surface area contributed by atoms with Gasteiger partial charge in [0.1, 0.15) is 0 Å². The van der Waals surface area contributed by atoms with Crippen LogP contribution in [0.15, 0.2) is 78.5 Å². The molecule has 4 rings (SSSR count). The zero-order valence-electron chi connectivity index (χ0n) is 22.4. The van der Waals surface area contributed by atoms with Gasteiger partial charge >= 0.3 is 6.09 Å². The van der Waals surface area contributed by atoms with Crippen LogP contribution in [0.3, 0.4) is 0 Å². The lowest BCUT2D eigenvalue weighted by atomic mass is 9.87. The summed E-state index contributed by atoms with van der Waals surface area (Å²) >= 11 is 0. The van der Waals surface area contributed by atoms with Crippen molar-refractivity contribution < 1.29 is 14.7 Å². The van der Waals surface area contributed by atoms with Crippen LogP contribution in [0.5, 0.6) is 0 Å². The first-order valence-corrected chi connectivity index (χ1v) is 13.2. The number of carbonyl (C=O) groups is 2. The third-order valence-electron chi connectivity index (χ3n) is 7.22. The predicted molar refractivity (Wildman–Crippen MR) is 151 cm³/mol. The van der Waals surface area contributed by atoms with Gasteiger partial charge in [0.2, 0.25) is 0 Å². The Kier molecular flexibility index (Phi) is 8.92. The lowest BCUT2D eigenvalue weighted by Crippen LogP contribution is -2.31. The highest BCUT2D eigenvalue weighted by Gasteiger charge is 2.23. The summed E-state index contributed by atoms with van der Waals surface area (Å²) in [5.74, 6) is 0.0181. The number of amides is 2. The van der Waals surface area contributed by atoms with Crippen molar-refractivity contribution in [2.45, 2.75) is 33.2 Å². The molecule has 1 N–H and O–H groups in total. The number of para-hydroxylation sites is 1. The van der Waals surface area contributed by atoms with Crippen LogP contribution in [0.1, 0.15) is 53.9 Å². The van der Waals surface area contributed by atoms with E-state index in [0.717, 1.165) is 54.9 Å². The number of anilines is 1. The van der Waals surface area contributed by atoms with Crippen molar-refractivity contribution in [2.24, 2.45) is 0 Å². The summed E-state index contributed by atoms with van der Waals surface area (Å²) in [6.07, 6.45) is 2.56. The number of aromatic nitrogens is 1. The van der Waals surface area contributed by atoms with Crippen LogP contribution in [-0.2, 0) is 6.54 Å². The lowest BCUT2D eigenvalue weighted by molar-refractivity contribution is 0.0773. The van der Waals surface area contributed by atoms with Gasteiger partial charge in [0.15, 0.2) is 0 Å². The molecule has 2 amide bonds. The van der Waals surface area contributed by atoms with Gasteiger partial charge in [-0.3, -0.25) is 19.6 Å². The lowest BCUT2D eigenvalue weighted by Gasteiger charge is -2.31. The summed E-state index contributed by atoms with van der Waals surface area (Å²) in [6.45, 7) is 7.88. The number of rotatable bonds is 8. The molecule has 1 fully saturated rings. The molecule has 1 aliphatic rings. The number of benzene rings is 2. The van der Waals surface area contributed by atoms with Gasteiger partial charge in [0, 0.05) is 57.1 Å². The molecule has 1 saturated heterocycles. The number of nitrogens with zero attached hydrogens (tertiary/aromatic N) is 4. The largest absolute Gasteiger partial charge is 0.465 e. The van der Waals surface area contributed by atoms with Gasteiger partial charge in [-0.25, -0.2) is 4.79 Å². The van der Waals surface area contributed by atoms with E-state index in [1.807, 2.05) is 85.6 Å². The van der Waals surface area contributed by atoms with Crippen molar-refractivity contribution >= 4 is 23.3 Å². The molecule has 1 aromatic heterocycles. The van der Waals surface area contributed by atoms with E-state index in [-0.39, 0.29) is 5.91 Å². The summed E-state index contributed by atoms with van der Waals surface area (Å²) in [7, 11) is 1.57. The second-order valence-electron chi connectivity index (χ2n) is 9.49. The van der Waals surface area contributed by atoms with Gasteiger partial charge in [-0.1, -0.05) is 42.0 Å². The second kappa shape index (κ2) is 12.5. The summed E-state index contributed by atoms with van der Waals surface area (Å²) in [5.41, 5.74) is 6.56. The second-order valence-corrected chi connectivity index (χ2v) is 9.49. The minimum Gasteiger partial charge on any atom is -0.465 e. The first-order valence-electron chi connectivity index (χ1n) is 13.2. The van der Waals surface area contributed by atoms with Gasteiger partial charge in [0.05, 0.1) is 11.4 Å². The highest BCUT2D eigenvalue weighted by molar-refractivity contribution is 5.97. The molecule has 3 aromatic rings. The Hall–Kier alpha value is -3.97. The molecule has 0 atom stereocenters. The maximum Gasteiger partial charge on any atom is 0.411 e. The van der Waals surface area contributed by atoms with Gasteiger partial charge in [-0.15, -0.1) is 0 Å². The van der Waals surface area contributed by atoms with E-state index in [4.69, 9.17) is 0 Å². The number of piperidine rings is 1. The Morgan fingerprint density at radius 2 is 1.53 bits per heavy atom. The Morgan fingerprint density at radius 3 is 2.13 bits per heavy atom. The Labute approximate surface area is 225 Å². The molecule has 2 heterocycles. The molecule has 7 heteroatoms. The van der Waals surface area contributed by atoms with Crippen LogP contribution in [0, 0.1) is 0 Å². The average molecular weight is 513 g/mol. The van der Waals surface area contributed by atoms with Crippen molar-refractivity contribution in [1.82, 2.24) is 14.8 Å². The van der Waals surface area contributed by atoms with Crippen molar-refractivity contribution in [3.63, 3.8) is 0 Å². The first kappa shape index (κ1) is 27.1. The van der Waals surface area contributed by atoms with Crippen LogP contribution in [0.4, 0.5) is 10.5 Å². The maximum atomic E-state index is 12.9. The third kappa shape index (κ3) is 6.11. The Morgan fingerprint density at radius 1 is 0.895 bits per heavy atom. The van der Waals surface area contributed by atoms with Gasteiger partial charge in [-0.05, 0) is 68.2 Å². The zero-order chi connectivity index (χ0) is 27.1. The molecule has 1 aliphatic heterocycles. The maximum absolute atomic E-state index is 12.9. The van der Waals surface area contributed by atoms with Crippen LogP contribution in [-0.4, -0.2) is 65.1 Å². The quantitative estimate of drug-likeness (QED) is 0.414. The topological polar surface area (TPSA) is 77.0 Å². The zero-order valence-corrected chi connectivity index (χ0v) is 22.4. The molecule has 0 bridgehead atoms. The molecule has 0 unspecified atom stereocenters. The molecular formula is C31H36N4O3. The van der Waals surface area contributed by atoms with Crippen LogP contribution in [0.25, 0.3) is 5.57 Å². The van der Waals surface area contributed by atoms with Crippen molar-refractivity contribution in [2.75, 3.05) is 38.1 Å². The summed E-state index contributed by atoms with van der Waals surface area (Å²) in [6, 6.07) is 21.4. The van der Waals surface area contributed by atoms with E-state index in [1.54, 1.807) is 7.05 Å². The monoisotopic (exact) mass is 512 g/mol. The van der Waals surface area contributed by atoms with Crippen molar-refractivity contribution in [3.8, 4) is 0 Å². The Bertz CT molecular complexity index is 1270. The number of carboxylic acid groups (broad SMARTS) is 1. The normalized spacial score (nSPS) is 13.7. The van der Waals surface area contributed by atoms with E-state index >= 15 is 0 Å². The van der Waals surface area contributed by atoms with Gasteiger partial charge in [-0.2, -0.15) is 0 Å². The molecule has 198 valence electrons. The van der Waals surface area contributed by atoms with E-state index in [9.17, 15) is 14.7 Å². The summed E-state index contributed by atoms with van der Waals surface area (Å²) in [5, 5.41) is 9.75. The smallest absolute Gasteiger partial charge is 0.411 e. The number of likely N-dealkylation sites (tertiary alicyclic amines) is 1. The van der Waals surface area contributed by atoms with Gasteiger partial charge < -0.3 is 10.0 Å². The van der Waals surface area contributed by atoms with Crippen LogP contribution in [0.2, 0.25) is 0 Å². The van der Waals surface area contributed by atoms with Crippen LogP contribution >= 0.6 is 0 Å². The fourth-order valence-corrected chi connectivity index (χ4v) is 5.06. The molecule has 0 saturated carbocycles. The third-order valence-corrected chi connectivity index (χ3v) is 7.22. The number of carbonyl (C=O) groups excluding carboxylic acids is 1. The molecule has 7 nitrogen and oxygen atoms in total. The molecule has 2 aromatic carbocycles. The van der Waals surface area contributed by atoms with E-state index < -0.39 is 6.09 Å². The summed E-state index contributed by atoms with van der Waals surface area (Å²) in [4.78, 5) is 34.7. The fourth-order valence-electron chi connectivity index (χ4n) is 5.06. The number of hydrogen-bond acceptors (Lipinski definition) is 4. The molecule has 38 heavy (non-hydrogen) atoms. The van der Waals surface area contributed by atoms with Crippen LogP contribution < -0.4 is 4.90 Å². The first-order chi connectivity index (χ1) is 18.4. The van der Waals surface area contributed by atoms with E-state index in [2.05, 4.69) is 16.0 Å². The summed E-state index contributed by atoms with van der Waals surface area (Å²) < 4.78 is 0. The highest BCUT2D eigenvalue weighted by Crippen LogP contribution is 2.37. The average Bonchev–Trinajstić information content (AvgIpc) is 2.95. The van der Waals surface area contributed by atoms with E-state index in [1.165, 1.54) is 10.5 Å².